The molecular weight excluding hydrogens is 259 g/mol. The molecule has 0 saturated heterocycles. The molecule has 0 atom stereocenters. The number of halogens is 3. The Balaban J connectivity index is 2.18. The Morgan fingerprint density at radius 2 is 1.95 bits per heavy atom. The first-order chi connectivity index (χ1) is 8.99. The average molecular weight is 269 g/mol. The molecule has 19 heavy (non-hydrogen) atoms. The van der Waals surface area contributed by atoms with Gasteiger partial charge in [0.1, 0.15) is 5.75 Å². The highest BCUT2D eigenvalue weighted by molar-refractivity contribution is 5.33. The number of alkyl halides is 3. The Morgan fingerprint density at radius 3 is 2.53 bits per heavy atom. The van der Waals surface area contributed by atoms with Crippen LogP contribution >= 0.6 is 0 Å². The maximum absolute atomic E-state index is 12.5. The van der Waals surface area contributed by atoms with Crippen LogP contribution in [0, 0.1) is 0 Å². The minimum absolute atomic E-state index is 0.0547. The molecular formula is C13H10F3NO2. The topological polar surface area (TPSA) is 42.4 Å². The number of benzene rings is 1. The van der Waals surface area contributed by atoms with Crippen LogP contribution < -0.4 is 4.74 Å². The first kappa shape index (κ1) is 13.4. The lowest BCUT2D eigenvalue weighted by atomic mass is 10.2. The third-order valence-electron chi connectivity index (χ3n) is 2.36. The van der Waals surface area contributed by atoms with Crippen LogP contribution in [0.1, 0.15) is 11.1 Å². The molecule has 0 radical (unpaired) electrons. The van der Waals surface area contributed by atoms with E-state index in [0.29, 0.717) is 5.56 Å². The highest BCUT2D eigenvalue weighted by atomic mass is 19.4. The molecule has 1 heterocycles. The molecule has 1 aromatic carbocycles. The van der Waals surface area contributed by atoms with Crippen LogP contribution in [0.15, 0.2) is 42.6 Å². The van der Waals surface area contributed by atoms with Gasteiger partial charge in [0.25, 0.3) is 0 Å². The van der Waals surface area contributed by atoms with Gasteiger partial charge < -0.3 is 9.84 Å². The van der Waals surface area contributed by atoms with Crippen molar-refractivity contribution in [3.05, 3.63) is 53.7 Å². The van der Waals surface area contributed by atoms with Crippen LogP contribution in [0.4, 0.5) is 13.2 Å². The van der Waals surface area contributed by atoms with E-state index in [-0.39, 0.29) is 18.2 Å². The Kier molecular flexibility index (Phi) is 3.71. The van der Waals surface area contributed by atoms with Crippen molar-refractivity contribution in [2.75, 3.05) is 0 Å². The predicted octanol–water partition coefficient (Wildman–Crippen LogP) is 3.39. The van der Waals surface area contributed by atoms with E-state index in [4.69, 9.17) is 9.84 Å². The highest BCUT2D eigenvalue weighted by Crippen LogP contribution is 2.32. The van der Waals surface area contributed by atoms with Gasteiger partial charge >= 0.3 is 6.18 Å². The van der Waals surface area contributed by atoms with Crippen LogP contribution in [0.25, 0.3) is 0 Å². The minimum atomic E-state index is -4.41. The standard InChI is InChI=1S/C13H10F3NO2/c14-13(15,16)10-2-1-3-11(6-10)19-12-5-4-9(8-18)7-17-12/h1-7,18H,8H2. The van der Waals surface area contributed by atoms with Crippen LogP contribution in [0.2, 0.25) is 0 Å². The monoisotopic (exact) mass is 269 g/mol. The molecule has 6 heteroatoms. The van der Waals surface area contributed by atoms with E-state index in [0.717, 1.165) is 12.1 Å². The van der Waals surface area contributed by atoms with Crippen molar-refractivity contribution in [3.63, 3.8) is 0 Å². The third-order valence-corrected chi connectivity index (χ3v) is 2.36. The molecule has 2 aromatic rings. The predicted molar refractivity (Wildman–Crippen MR) is 61.7 cm³/mol. The molecule has 0 spiro atoms. The number of hydrogen-bond donors (Lipinski definition) is 1. The zero-order chi connectivity index (χ0) is 13.9. The van der Waals surface area contributed by atoms with Crippen molar-refractivity contribution in [2.24, 2.45) is 0 Å². The molecule has 3 nitrogen and oxygen atoms in total. The second-order valence-electron chi connectivity index (χ2n) is 3.79. The maximum Gasteiger partial charge on any atom is 0.416 e. The second kappa shape index (κ2) is 5.27. The van der Waals surface area contributed by atoms with Gasteiger partial charge in [-0.1, -0.05) is 6.07 Å². The smallest absolute Gasteiger partial charge is 0.416 e. The summed E-state index contributed by atoms with van der Waals surface area (Å²) in [6.07, 6.45) is -3.02. The van der Waals surface area contributed by atoms with E-state index in [9.17, 15) is 13.2 Å². The lowest BCUT2D eigenvalue weighted by molar-refractivity contribution is -0.137. The number of rotatable bonds is 3. The third kappa shape index (κ3) is 3.45. The number of hydrogen-bond acceptors (Lipinski definition) is 3. The molecule has 100 valence electrons. The molecule has 1 N–H and O–H groups in total. The Morgan fingerprint density at radius 1 is 1.16 bits per heavy atom. The van der Waals surface area contributed by atoms with Gasteiger partial charge in [-0.25, -0.2) is 4.98 Å². The van der Waals surface area contributed by atoms with Crippen molar-refractivity contribution in [1.82, 2.24) is 4.98 Å². The van der Waals surface area contributed by atoms with Gasteiger partial charge in [-0.3, -0.25) is 0 Å². The van der Waals surface area contributed by atoms with Crippen LogP contribution in [-0.4, -0.2) is 10.1 Å². The van der Waals surface area contributed by atoms with Crippen molar-refractivity contribution in [2.45, 2.75) is 12.8 Å². The van der Waals surface area contributed by atoms with Gasteiger partial charge in [0, 0.05) is 12.3 Å². The van der Waals surface area contributed by atoms with E-state index in [1.807, 2.05) is 0 Å². The van der Waals surface area contributed by atoms with Gasteiger partial charge in [0.2, 0.25) is 5.88 Å². The summed E-state index contributed by atoms with van der Waals surface area (Å²) in [4.78, 5) is 3.87. The molecule has 0 aliphatic heterocycles. The summed E-state index contributed by atoms with van der Waals surface area (Å²) >= 11 is 0. The van der Waals surface area contributed by atoms with Gasteiger partial charge in [-0.2, -0.15) is 13.2 Å². The highest BCUT2D eigenvalue weighted by Gasteiger charge is 2.30. The lowest BCUT2D eigenvalue weighted by Crippen LogP contribution is -2.04. The molecule has 1 aromatic heterocycles. The number of pyridine rings is 1. The number of aromatic nitrogens is 1. The zero-order valence-corrected chi connectivity index (χ0v) is 9.69. The fraction of sp³-hybridized carbons (Fsp3) is 0.154. The van der Waals surface area contributed by atoms with Gasteiger partial charge in [0.15, 0.2) is 0 Å². The normalized spacial score (nSPS) is 11.4. The van der Waals surface area contributed by atoms with E-state index in [2.05, 4.69) is 4.98 Å². The number of nitrogens with zero attached hydrogens (tertiary/aromatic N) is 1. The first-order valence-corrected chi connectivity index (χ1v) is 5.40. The molecule has 0 unspecified atom stereocenters. The molecule has 0 fully saturated rings. The number of aliphatic hydroxyl groups is 1. The van der Waals surface area contributed by atoms with E-state index >= 15 is 0 Å². The minimum Gasteiger partial charge on any atom is -0.439 e. The molecule has 0 bridgehead atoms. The first-order valence-electron chi connectivity index (χ1n) is 5.40. The largest absolute Gasteiger partial charge is 0.439 e. The van der Waals surface area contributed by atoms with Crippen LogP contribution in [0.5, 0.6) is 11.6 Å². The molecule has 0 amide bonds. The molecule has 2 rings (SSSR count). The lowest BCUT2D eigenvalue weighted by Gasteiger charge is -2.09. The molecule has 0 aliphatic carbocycles. The summed E-state index contributed by atoms with van der Waals surface area (Å²) in [5.41, 5.74) is -0.187. The van der Waals surface area contributed by atoms with E-state index < -0.39 is 11.7 Å². The fourth-order valence-electron chi connectivity index (χ4n) is 1.42. The van der Waals surface area contributed by atoms with Crippen molar-refractivity contribution >= 4 is 0 Å². The Hall–Kier alpha value is -2.08. The summed E-state index contributed by atoms with van der Waals surface area (Å²) < 4.78 is 42.7. The summed E-state index contributed by atoms with van der Waals surface area (Å²) in [7, 11) is 0. The van der Waals surface area contributed by atoms with Crippen LogP contribution in [-0.2, 0) is 12.8 Å². The number of aliphatic hydroxyl groups excluding tert-OH is 1. The average Bonchev–Trinajstić information content (AvgIpc) is 2.39. The zero-order valence-electron chi connectivity index (χ0n) is 9.69. The number of ether oxygens (including phenoxy) is 1. The van der Waals surface area contributed by atoms with E-state index in [1.165, 1.54) is 24.4 Å². The second-order valence-corrected chi connectivity index (χ2v) is 3.79. The Bertz CT molecular complexity index is 553. The summed E-state index contributed by atoms with van der Waals surface area (Å²) in [6, 6.07) is 7.61. The van der Waals surface area contributed by atoms with Crippen molar-refractivity contribution in [1.29, 1.82) is 0 Å². The van der Waals surface area contributed by atoms with Gasteiger partial charge in [-0.05, 0) is 29.8 Å². The van der Waals surface area contributed by atoms with Gasteiger partial charge in [0.05, 0.1) is 12.2 Å². The quantitative estimate of drug-likeness (QED) is 0.928. The van der Waals surface area contributed by atoms with Crippen molar-refractivity contribution < 1.29 is 23.0 Å². The maximum atomic E-state index is 12.5. The summed E-state index contributed by atoms with van der Waals surface area (Å²) in [5.74, 6) is 0.218. The van der Waals surface area contributed by atoms with Gasteiger partial charge in [-0.15, -0.1) is 0 Å². The summed E-state index contributed by atoms with van der Waals surface area (Å²) in [6.45, 7) is -0.156. The summed E-state index contributed by atoms with van der Waals surface area (Å²) in [5, 5.41) is 8.84. The van der Waals surface area contributed by atoms with E-state index in [1.54, 1.807) is 6.07 Å². The molecule has 0 saturated carbocycles. The SMILES string of the molecule is OCc1ccc(Oc2cccc(C(F)(F)F)c2)nc1. The molecule has 0 aliphatic rings. The van der Waals surface area contributed by atoms with Crippen molar-refractivity contribution in [3.8, 4) is 11.6 Å². The fourth-order valence-corrected chi connectivity index (χ4v) is 1.42. The Labute approximate surface area is 107 Å². The van der Waals surface area contributed by atoms with Crippen LogP contribution in [0.3, 0.4) is 0 Å².